The lowest BCUT2D eigenvalue weighted by molar-refractivity contribution is 0.0691. The normalized spacial score (nSPS) is 19.9. The number of rotatable bonds is 4. The van der Waals surface area contributed by atoms with Crippen molar-refractivity contribution in [2.45, 2.75) is 30.2 Å². The highest BCUT2D eigenvalue weighted by Crippen LogP contribution is 2.16. The first-order valence-corrected chi connectivity index (χ1v) is 7.06. The van der Waals surface area contributed by atoms with Gasteiger partial charge in [-0.05, 0) is 25.3 Å². The topological polar surface area (TPSA) is 99.3 Å². The van der Waals surface area contributed by atoms with Crippen molar-refractivity contribution in [3.8, 4) is 0 Å². The van der Waals surface area contributed by atoms with Crippen molar-refractivity contribution < 1.29 is 18.3 Å². The van der Waals surface area contributed by atoms with E-state index in [-0.39, 0.29) is 16.6 Å². The largest absolute Gasteiger partial charge is 0.477 e. The number of aromatic nitrogens is 1. The third-order valence-corrected chi connectivity index (χ3v) is 4.29. The second-order valence-corrected chi connectivity index (χ2v) is 5.87. The van der Waals surface area contributed by atoms with Gasteiger partial charge in [0.05, 0.1) is 0 Å². The molecule has 2 rings (SSSR count). The first-order valence-electron chi connectivity index (χ1n) is 5.58. The van der Waals surface area contributed by atoms with Crippen molar-refractivity contribution in [3.05, 3.63) is 30.1 Å². The molecule has 0 aliphatic heterocycles. The smallest absolute Gasteiger partial charge is 0.352 e. The lowest BCUT2D eigenvalue weighted by atomic mass is 10.0. The third kappa shape index (κ3) is 2.80. The quantitative estimate of drug-likeness (QED) is 0.713. The number of hydrogen-bond donors (Lipinski definition) is 3. The van der Waals surface area contributed by atoms with Crippen LogP contribution < -0.4 is 4.72 Å². The molecular weight excluding hydrogens is 256 g/mol. The maximum absolute atomic E-state index is 12.0. The summed E-state index contributed by atoms with van der Waals surface area (Å²) >= 11 is 0. The van der Waals surface area contributed by atoms with Gasteiger partial charge >= 0.3 is 5.97 Å². The minimum atomic E-state index is -3.65. The van der Waals surface area contributed by atoms with Crippen LogP contribution in [0.5, 0.6) is 0 Å². The Bertz CT molecular complexity index is 574. The summed E-state index contributed by atoms with van der Waals surface area (Å²) < 4.78 is 26.5. The molecule has 0 aromatic carbocycles. The van der Waals surface area contributed by atoms with Gasteiger partial charge in [-0.2, -0.15) is 0 Å². The van der Waals surface area contributed by atoms with Crippen LogP contribution >= 0.6 is 0 Å². The predicted molar refractivity (Wildman–Crippen MR) is 64.9 cm³/mol. The maximum Gasteiger partial charge on any atom is 0.352 e. The molecular formula is C11H14N2O4S. The van der Waals surface area contributed by atoms with Gasteiger partial charge in [-0.15, -0.1) is 0 Å². The van der Waals surface area contributed by atoms with Crippen LogP contribution in [0.15, 0.2) is 29.3 Å². The van der Waals surface area contributed by atoms with Gasteiger partial charge in [0, 0.05) is 12.2 Å². The van der Waals surface area contributed by atoms with Crippen molar-refractivity contribution in [1.82, 2.24) is 9.71 Å². The standard InChI is InChI=1S/C11H14N2O4S/c14-11(15)10-6-9(7-12-10)18(16,17)13-8-4-2-1-3-5-8/h1-2,6-8,12-13H,3-5H2,(H,14,15). The molecule has 1 aromatic heterocycles. The highest BCUT2D eigenvalue weighted by Gasteiger charge is 2.22. The van der Waals surface area contributed by atoms with Crippen LogP contribution in [0.2, 0.25) is 0 Å². The molecule has 3 N–H and O–H groups in total. The number of hydrogen-bond acceptors (Lipinski definition) is 3. The van der Waals surface area contributed by atoms with Crippen molar-refractivity contribution in [2.24, 2.45) is 0 Å². The first-order chi connectivity index (χ1) is 8.49. The highest BCUT2D eigenvalue weighted by molar-refractivity contribution is 7.89. The number of sulfonamides is 1. The van der Waals surface area contributed by atoms with E-state index in [9.17, 15) is 13.2 Å². The monoisotopic (exact) mass is 270 g/mol. The van der Waals surface area contributed by atoms with E-state index in [1.807, 2.05) is 12.2 Å². The number of allylic oxidation sites excluding steroid dienone is 1. The summed E-state index contributed by atoms with van der Waals surface area (Å²) in [6, 6.07) is 0.992. The van der Waals surface area contributed by atoms with Crippen LogP contribution in [0.3, 0.4) is 0 Å². The van der Waals surface area contributed by atoms with Crippen molar-refractivity contribution in [2.75, 3.05) is 0 Å². The second-order valence-electron chi connectivity index (χ2n) is 4.16. The first kappa shape index (κ1) is 12.8. The van der Waals surface area contributed by atoms with E-state index in [2.05, 4.69) is 9.71 Å². The van der Waals surface area contributed by atoms with E-state index < -0.39 is 16.0 Å². The van der Waals surface area contributed by atoms with E-state index in [1.165, 1.54) is 6.20 Å². The molecule has 7 heteroatoms. The number of aromatic amines is 1. The van der Waals surface area contributed by atoms with Crippen molar-refractivity contribution in [1.29, 1.82) is 0 Å². The van der Waals surface area contributed by atoms with E-state index in [0.29, 0.717) is 6.42 Å². The molecule has 0 saturated heterocycles. The Morgan fingerprint density at radius 3 is 2.78 bits per heavy atom. The zero-order valence-electron chi connectivity index (χ0n) is 9.59. The molecule has 1 unspecified atom stereocenters. The predicted octanol–water partition coefficient (Wildman–Crippen LogP) is 1.10. The fourth-order valence-electron chi connectivity index (χ4n) is 1.84. The second kappa shape index (κ2) is 4.95. The molecule has 6 nitrogen and oxygen atoms in total. The van der Waals surface area contributed by atoms with Crippen LogP contribution in [0, 0.1) is 0 Å². The van der Waals surface area contributed by atoms with E-state index in [0.717, 1.165) is 18.9 Å². The van der Waals surface area contributed by atoms with Crippen LogP contribution in [0.4, 0.5) is 0 Å². The van der Waals surface area contributed by atoms with Crippen LogP contribution in [0.25, 0.3) is 0 Å². The van der Waals surface area contributed by atoms with E-state index in [1.54, 1.807) is 0 Å². The molecule has 1 aliphatic rings. The zero-order chi connectivity index (χ0) is 13.2. The van der Waals surface area contributed by atoms with Gasteiger partial charge in [0.15, 0.2) is 0 Å². The molecule has 0 spiro atoms. The average molecular weight is 270 g/mol. The minimum absolute atomic E-state index is 0.0468. The molecule has 1 heterocycles. The summed E-state index contributed by atoms with van der Waals surface area (Å²) in [6.45, 7) is 0. The molecule has 98 valence electrons. The lowest BCUT2D eigenvalue weighted by Gasteiger charge is -2.18. The van der Waals surface area contributed by atoms with Crippen molar-refractivity contribution >= 4 is 16.0 Å². The molecule has 1 atom stereocenters. The Morgan fingerprint density at radius 1 is 1.44 bits per heavy atom. The Balaban J connectivity index is 2.14. The highest BCUT2D eigenvalue weighted by atomic mass is 32.2. The number of nitrogens with one attached hydrogen (secondary N) is 2. The number of carboxylic acid groups (broad SMARTS) is 1. The molecule has 18 heavy (non-hydrogen) atoms. The van der Waals surface area contributed by atoms with Gasteiger partial charge in [0.1, 0.15) is 10.6 Å². The Morgan fingerprint density at radius 2 is 2.22 bits per heavy atom. The van der Waals surface area contributed by atoms with Gasteiger partial charge in [0.2, 0.25) is 10.0 Å². The fourth-order valence-corrected chi connectivity index (χ4v) is 3.12. The molecule has 0 radical (unpaired) electrons. The summed E-state index contributed by atoms with van der Waals surface area (Å²) in [4.78, 5) is 13.0. The summed E-state index contributed by atoms with van der Waals surface area (Å²) in [5.41, 5.74) is -0.140. The zero-order valence-corrected chi connectivity index (χ0v) is 10.4. The molecule has 0 saturated carbocycles. The third-order valence-electron chi connectivity index (χ3n) is 2.79. The van der Waals surface area contributed by atoms with Crippen LogP contribution in [0.1, 0.15) is 29.8 Å². The number of H-pyrrole nitrogens is 1. The van der Waals surface area contributed by atoms with E-state index >= 15 is 0 Å². The van der Waals surface area contributed by atoms with Gasteiger partial charge in [0.25, 0.3) is 0 Å². The summed E-state index contributed by atoms with van der Waals surface area (Å²) in [6.07, 6.45) is 7.41. The maximum atomic E-state index is 12.0. The average Bonchev–Trinajstić information content (AvgIpc) is 2.79. The van der Waals surface area contributed by atoms with Crippen LogP contribution in [-0.2, 0) is 10.0 Å². The van der Waals surface area contributed by atoms with Gasteiger partial charge in [-0.25, -0.2) is 17.9 Å². The summed E-state index contributed by atoms with van der Waals surface area (Å²) in [7, 11) is -3.65. The van der Waals surface area contributed by atoms with Gasteiger partial charge in [-0.3, -0.25) is 0 Å². The Kier molecular flexibility index (Phi) is 3.53. The Labute approximate surface area is 105 Å². The minimum Gasteiger partial charge on any atom is -0.477 e. The van der Waals surface area contributed by atoms with Gasteiger partial charge in [-0.1, -0.05) is 12.2 Å². The Hall–Kier alpha value is -1.60. The molecule has 0 amide bonds. The van der Waals surface area contributed by atoms with Crippen LogP contribution in [-0.4, -0.2) is 30.5 Å². The van der Waals surface area contributed by atoms with Crippen molar-refractivity contribution in [3.63, 3.8) is 0 Å². The molecule has 1 aliphatic carbocycles. The number of carbonyl (C=O) groups is 1. The summed E-state index contributed by atoms with van der Waals surface area (Å²) in [5.74, 6) is -1.18. The molecule has 1 aromatic rings. The SMILES string of the molecule is O=C(O)c1cc(S(=O)(=O)NC2CC=CCC2)c[nH]1. The van der Waals surface area contributed by atoms with Gasteiger partial charge < -0.3 is 10.1 Å². The summed E-state index contributed by atoms with van der Waals surface area (Å²) in [5, 5.41) is 8.73. The lowest BCUT2D eigenvalue weighted by Crippen LogP contribution is -2.35. The fraction of sp³-hybridized carbons (Fsp3) is 0.364. The van der Waals surface area contributed by atoms with E-state index in [4.69, 9.17) is 5.11 Å². The number of carboxylic acids is 1. The molecule has 0 bridgehead atoms. The molecule has 0 fully saturated rings. The number of aromatic carboxylic acids is 1.